The number of fused-ring (bicyclic) bond motifs is 1. The molecule has 0 radical (unpaired) electrons. The van der Waals surface area contributed by atoms with Crippen LogP contribution in [-0.4, -0.2) is 10.9 Å². The Bertz CT molecular complexity index is 813. The number of nitrogens with one attached hydrogen (secondary N) is 2. The van der Waals surface area contributed by atoms with Gasteiger partial charge in [0.05, 0.1) is 0 Å². The summed E-state index contributed by atoms with van der Waals surface area (Å²) in [7, 11) is 0. The summed E-state index contributed by atoms with van der Waals surface area (Å²) in [4.78, 5) is 15.7. The first kappa shape index (κ1) is 13.9. The van der Waals surface area contributed by atoms with Gasteiger partial charge in [0.15, 0.2) is 0 Å². The third-order valence-corrected chi connectivity index (χ3v) is 4.03. The molecular weight excluding hydrogens is 328 g/mol. The average molecular weight is 343 g/mol. The minimum atomic E-state index is -0.0891. The molecule has 0 fully saturated rings. The largest absolute Gasteiger partial charge is 0.361 e. The number of anilines is 1. The Morgan fingerprint density at radius 1 is 1.14 bits per heavy atom. The first-order valence-electron chi connectivity index (χ1n) is 6.70. The summed E-state index contributed by atoms with van der Waals surface area (Å²) in [5.74, 6) is -0.0891. The lowest BCUT2D eigenvalue weighted by molar-refractivity contribution is 0.102. The number of aryl methyl sites for hydroxylation is 2. The molecule has 21 heavy (non-hydrogen) atoms. The lowest BCUT2D eigenvalue weighted by atomic mass is 10.1. The lowest BCUT2D eigenvalue weighted by Gasteiger charge is -2.13. The molecule has 0 saturated carbocycles. The fourth-order valence-corrected chi connectivity index (χ4v) is 3.26. The Morgan fingerprint density at radius 2 is 1.86 bits per heavy atom. The molecule has 0 atom stereocenters. The highest BCUT2D eigenvalue weighted by Gasteiger charge is 2.13. The van der Waals surface area contributed by atoms with E-state index in [4.69, 9.17) is 0 Å². The second-order valence-electron chi connectivity index (χ2n) is 5.11. The minimum absolute atomic E-state index is 0.0891. The van der Waals surface area contributed by atoms with Crippen LogP contribution in [0.3, 0.4) is 0 Å². The maximum Gasteiger partial charge on any atom is 0.256 e. The van der Waals surface area contributed by atoms with Gasteiger partial charge in [-0.25, -0.2) is 0 Å². The van der Waals surface area contributed by atoms with Gasteiger partial charge >= 0.3 is 0 Å². The quantitative estimate of drug-likeness (QED) is 0.690. The maximum atomic E-state index is 12.6. The minimum Gasteiger partial charge on any atom is -0.361 e. The van der Waals surface area contributed by atoms with Crippen LogP contribution in [0.2, 0.25) is 0 Å². The van der Waals surface area contributed by atoms with E-state index < -0.39 is 0 Å². The Hall–Kier alpha value is -2.07. The number of carbonyl (C=O) groups excluding carboxylic acids is 1. The highest BCUT2D eigenvalue weighted by atomic mass is 79.9. The van der Waals surface area contributed by atoms with E-state index in [1.807, 2.05) is 56.4 Å². The van der Waals surface area contributed by atoms with Gasteiger partial charge in [0, 0.05) is 32.8 Å². The number of benzene rings is 2. The smallest absolute Gasteiger partial charge is 0.256 e. The predicted molar refractivity (Wildman–Crippen MR) is 89.9 cm³/mol. The van der Waals surface area contributed by atoms with Crippen molar-refractivity contribution in [3.63, 3.8) is 0 Å². The second-order valence-corrected chi connectivity index (χ2v) is 6.03. The molecule has 0 spiro atoms. The molecule has 3 nitrogen and oxygen atoms in total. The van der Waals surface area contributed by atoms with Crippen molar-refractivity contribution in [2.24, 2.45) is 0 Å². The fourth-order valence-electron chi connectivity index (χ4n) is 2.57. The number of rotatable bonds is 2. The van der Waals surface area contributed by atoms with Crippen LogP contribution in [0.25, 0.3) is 10.9 Å². The van der Waals surface area contributed by atoms with E-state index in [1.54, 1.807) is 0 Å². The fraction of sp³-hybridized carbons (Fsp3) is 0.118. The summed E-state index contributed by atoms with van der Waals surface area (Å²) in [5.41, 5.74) is 4.59. The number of amides is 1. The first-order valence-corrected chi connectivity index (χ1v) is 7.50. The molecule has 106 valence electrons. The molecule has 0 bridgehead atoms. The van der Waals surface area contributed by atoms with Gasteiger partial charge < -0.3 is 10.3 Å². The van der Waals surface area contributed by atoms with Gasteiger partial charge in [0.25, 0.3) is 5.91 Å². The van der Waals surface area contributed by atoms with Gasteiger partial charge in [-0.05, 0) is 55.3 Å². The zero-order chi connectivity index (χ0) is 15.0. The molecule has 1 amide bonds. The topological polar surface area (TPSA) is 44.9 Å². The van der Waals surface area contributed by atoms with E-state index in [1.165, 1.54) is 0 Å². The van der Waals surface area contributed by atoms with E-state index in [0.717, 1.165) is 32.2 Å². The lowest BCUT2D eigenvalue weighted by Crippen LogP contribution is -2.14. The van der Waals surface area contributed by atoms with Crippen LogP contribution < -0.4 is 5.32 Å². The van der Waals surface area contributed by atoms with Crippen LogP contribution in [0.4, 0.5) is 5.69 Å². The number of H-pyrrole nitrogens is 1. The molecule has 0 aliphatic carbocycles. The molecule has 2 N–H and O–H groups in total. The van der Waals surface area contributed by atoms with Crippen LogP contribution >= 0.6 is 15.9 Å². The molecule has 1 aromatic heterocycles. The number of carbonyl (C=O) groups is 1. The van der Waals surface area contributed by atoms with E-state index in [-0.39, 0.29) is 5.91 Å². The van der Waals surface area contributed by atoms with Crippen molar-refractivity contribution in [2.45, 2.75) is 13.8 Å². The molecule has 1 heterocycles. The molecule has 4 heteroatoms. The Morgan fingerprint density at radius 3 is 2.57 bits per heavy atom. The van der Waals surface area contributed by atoms with Crippen molar-refractivity contribution in [1.29, 1.82) is 0 Å². The van der Waals surface area contributed by atoms with Crippen molar-refractivity contribution in [3.8, 4) is 0 Å². The normalized spacial score (nSPS) is 10.8. The van der Waals surface area contributed by atoms with E-state index in [2.05, 4.69) is 26.2 Å². The summed E-state index contributed by atoms with van der Waals surface area (Å²) in [6.07, 6.45) is 1.84. The Kier molecular flexibility index (Phi) is 3.55. The molecule has 2 aromatic carbocycles. The summed E-state index contributed by atoms with van der Waals surface area (Å²) in [6.45, 7) is 3.98. The summed E-state index contributed by atoms with van der Waals surface area (Å²) in [5, 5.41) is 3.96. The van der Waals surface area contributed by atoms with Crippen LogP contribution in [-0.2, 0) is 0 Å². The number of hydrogen-bond acceptors (Lipinski definition) is 1. The van der Waals surface area contributed by atoms with Crippen molar-refractivity contribution in [3.05, 3.63) is 63.8 Å². The maximum absolute atomic E-state index is 12.6. The van der Waals surface area contributed by atoms with Gasteiger partial charge in [-0.2, -0.15) is 0 Å². The molecule has 0 unspecified atom stereocenters. The summed E-state index contributed by atoms with van der Waals surface area (Å²) >= 11 is 3.47. The predicted octanol–water partition coefficient (Wildman–Crippen LogP) is 4.80. The van der Waals surface area contributed by atoms with Crippen LogP contribution in [0.1, 0.15) is 21.5 Å². The SMILES string of the molecule is Cc1cc(Br)cc(C)c1NC(=O)c1cccc2[nH]ccc12. The third-order valence-electron chi connectivity index (χ3n) is 3.58. The zero-order valence-corrected chi connectivity index (χ0v) is 13.4. The van der Waals surface area contributed by atoms with Gasteiger partial charge in [0.1, 0.15) is 0 Å². The number of aromatic amines is 1. The number of aromatic nitrogens is 1. The molecule has 3 rings (SSSR count). The monoisotopic (exact) mass is 342 g/mol. The van der Waals surface area contributed by atoms with E-state index >= 15 is 0 Å². The Labute approximate surface area is 131 Å². The molecule has 0 saturated heterocycles. The first-order chi connectivity index (χ1) is 10.1. The van der Waals surface area contributed by atoms with Crippen molar-refractivity contribution < 1.29 is 4.79 Å². The van der Waals surface area contributed by atoms with Crippen LogP contribution in [0.15, 0.2) is 47.1 Å². The van der Waals surface area contributed by atoms with Gasteiger partial charge in [0.2, 0.25) is 0 Å². The number of hydrogen-bond donors (Lipinski definition) is 2. The molecule has 0 aliphatic heterocycles. The van der Waals surface area contributed by atoms with Gasteiger partial charge in [-0.15, -0.1) is 0 Å². The third kappa shape index (κ3) is 2.59. The second kappa shape index (κ2) is 5.37. The van der Waals surface area contributed by atoms with E-state index in [9.17, 15) is 4.79 Å². The molecule has 3 aromatic rings. The molecular formula is C17H15BrN2O. The van der Waals surface area contributed by atoms with Crippen LogP contribution in [0, 0.1) is 13.8 Å². The molecule has 0 aliphatic rings. The van der Waals surface area contributed by atoms with Crippen LogP contribution in [0.5, 0.6) is 0 Å². The highest BCUT2D eigenvalue weighted by Crippen LogP contribution is 2.26. The standard InChI is InChI=1S/C17H15BrN2O/c1-10-8-12(18)9-11(2)16(10)20-17(21)14-4-3-5-15-13(14)6-7-19-15/h3-9,19H,1-2H3,(H,20,21). The number of halogens is 1. The highest BCUT2D eigenvalue weighted by molar-refractivity contribution is 9.10. The summed E-state index contributed by atoms with van der Waals surface area (Å²) < 4.78 is 1.02. The average Bonchev–Trinajstić information content (AvgIpc) is 2.90. The van der Waals surface area contributed by atoms with Crippen molar-refractivity contribution in [2.75, 3.05) is 5.32 Å². The summed E-state index contributed by atoms with van der Waals surface area (Å²) in [6, 6.07) is 11.6. The van der Waals surface area contributed by atoms with Crippen molar-refractivity contribution in [1.82, 2.24) is 4.98 Å². The van der Waals surface area contributed by atoms with Gasteiger partial charge in [-0.3, -0.25) is 4.79 Å². The van der Waals surface area contributed by atoms with E-state index in [0.29, 0.717) is 5.56 Å². The Balaban J connectivity index is 1.99. The zero-order valence-electron chi connectivity index (χ0n) is 11.8. The van der Waals surface area contributed by atoms with Gasteiger partial charge in [-0.1, -0.05) is 22.0 Å². The van der Waals surface area contributed by atoms with Crippen molar-refractivity contribution >= 4 is 38.4 Å².